The van der Waals surface area contributed by atoms with Gasteiger partial charge in [-0.1, -0.05) is 0 Å². The van der Waals surface area contributed by atoms with Crippen molar-refractivity contribution in [1.82, 2.24) is 0 Å². The number of fused-ring (bicyclic) bond motifs is 1. The van der Waals surface area contributed by atoms with Crippen LogP contribution in [0.25, 0.3) is 11.0 Å². The highest BCUT2D eigenvalue weighted by Crippen LogP contribution is 2.26. The maximum absolute atomic E-state index is 11.4. The molecule has 1 fully saturated rings. The second-order valence-corrected chi connectivity index (χ2v) is 5.62. The van der Waals surface area contributed by atoms with Crippen LogP contribution in [0.1, 0.15) is 12.0 Å². The van der Waals surface area contributed by atoms with Gasteiger partial charge in [-0.05, 0) is 24.6 Å². The van der Waals surface area contributed by atoms with E-state index in [-0.39, 0.29) is 13.0 Å². The second-order valence-electron chi connectivity index (χ2n) is 5.62. The Balaban J connectivity index is 1.85. The monoisotopic (exact) mass is 322 g/mol. The summed E-state index contributed by atoms with van der Waals surface area (Å²) in [6, 6.07) is 6.36. The first-order chi connectivity index (χ1) is 11.0. The molecule has 2 aromatic rings. The highest BCUT2D eigenvalue weighted by Gasteiger charge is 2.37. The van der Waals surface area contributed by atoms with Crippen LogP contribution >= 0.6 is 0 Å². The van der Waals surface area contributed by atoms with Crippen LogP contribution in [0, 0.1) is 6.92 Å². The van der Waals surface area contributed by atoms with Gasteiger partial charge in [0.15, 0.2) is 0 Å². The molecule has 124 valence electrons. The summed E-state index contributed by atoms with van der Waals surface area (Å²) < 4.78 is 16.1. The molecule has 0 unspecified atom stereocenters. The molecule has 1 saturated heterocycles. The predicted molar refractivity (Wildman–Crippen MR) is 80.2 cm³/mol. The summed E-state index contributed by atoms with van der Waals surface area (Å²) >= 11 is 0. The van der Waals surface area contributed by atoms with E-state index in [1.807, 2.05) is 0 Å². The lowest BCUT2D eigenvalue weighted by Gasteiger charge is -2.36. The lowest BCUT2D eigenvalue weighted by molar-refractivity contribution is -0.240. The summed E-state index contributed by atoms with van der Waals surface area (Å²) in [4.78, 5) is 11.4. The molecule has 1 aliphatic heterocycles. The normalized spacial score (nSPS) is 28.0. The number of aliphatic hydroxyl groups excluding tert-OH is 3. The van der Waals surface area contributed by atoms with Crippen LogP contribution in [-0.4, -0.2) is 46.5 Å². The van der Waals surface area contributed by atoms with Crippen LogP contribution in [0.2, 0.25) is 0 Å². The first-order valence-corrected chi connectivity index (χ1v) is 7.31. The minimum absolute atomic E-state index is 0.0394. The molecular formula is C16H18O7. The van der Waals surface area contributed by atoms with E-state index >= 15 is 0 Å². The van der Waals surface area contributed by atoms with Crippen molar-refractivity contribution in [3.05, 3.63) is 40.2 Å². The van der Waals surface area contributed by atoms with E-state index in [2.05, 4.69) is 0 Å². The highest BCUT2D eigenvalue weighted by molar-refractivity contribution is 5.81. The molecule has 0 aliphatic carbocycles. The quantitative estimate of drug-likeness (QED) is 0.698. The molecule has 0 radical (unpaired) electrons. The third kappa shape index (κ3) is 3.23. The SMILES string of the molecule is Cc1cc(=O)oc2cc(O[C@@H]3O[C@H](CO)[C@H](O)C[C@H]3O)ccc12. The summed E-state index contributed by atoms with van der Waals surface area (Å²) in [5, 5.41) is 29.6. The Morgan fingerprint density at radius 3 is 2.78 bits per heavy atom. The smallest absolute Gasteiger partial charge is 0.336 e. The van der Waals surface area contributed by atoms with Gasteiger partial charge < -0.3 is 29.2 Å². The van der Waals surface area contributed by atoms with Crippen LogP contribution in [0.4, 0.5) is 0 Å². The first-order valence-electron chi connectivity index (χ1n) is 7.31. The van der Waals surface area contributed by atoms with Crippen molar-refractivity contribution in [2.75, 3.05) is 6.61 Å². The molecule has 0 saturated carbocycles. The van der Waals surface area contributed by atoms with Crippen molar-refractivity contribution in [1.29, 1.82) is 0 Å². The van der Waals surface area contributed by atoms with Crippen LogP contribution in [0.5, 0.6) is 5.75 Å². The molecule has 1 aliphatic rings. The van der Waals surface area contributed by atoms with E-state index in [0.717, 1.165) is 10.9 Å². The van der Waals surface area contributed by atoms with Crippen molar-refractivity contribution in [2.24, 2.45) is 0 Å². The molecule has 0 amide bonds. The van der Waals surface area contributed by atoms with Crippen molar-refractivity contribution in [3.63, 3.8) is 0 Å². The lowest BCUT2D eigenvalue weighted by atomic mass is 10.0. The standard InChI is InChI=1S/C16H18O7/c1-8-4-15(20)22-13-5-9(2-3-10(8)13)21-16-12(19)6-11(18)14(7-17)23-16/h2-5,11-12,14,16-19H,6-7H2,1H3/t11-,12-,14-,16-/m1/s1. The van der Waals surface area contributed by atoms with Gasteiger partial charge in [-0.15, -0.1) is 0 Å². The van der Waals surface area contributed by atoms with Gasteiger partial charge in [-0.25, -0.2) is 4.79 Å². The molecule has 23 heavy (non-hydrogen) atoms. The fraction of sp³-hybridized carbons (Fsp3) is 0.438. The fourth-order valence-corrected chi connectivity index (χ4v) is 2.65. The van der Waals surface area contributed by atoms with E-state index < -0.39 is 30.2 Å². The lowest BCUT2D eigenvalue weighted by Crippen LogP contribution is -2.50. The molecule has 1 aromatic heterocycles. The van der Waals surface area contributed by atoms with Crippen LogP contribution < -0.4 is 10.4 Å². The Labute approximate surface area is 131 Å². The zero-order valence-electron chi connectivity index (χ0n) is 12.5. The summed E-state index contributed by atoms with van der Waals surface area (Å²) in [7, 11) is 0. The molecule has 4 atom stereocenters. The molecule has 0 bridgehead atoms. The van der Waals surface area contributed by atoms with E-state index in [4.69, 9.17) is 19.0 Å². The van der Waals surface area contributed by atoms with E-state index in [1.165, 1.54) is 6.07 Å². The molecular weight excluding hydrogens is 304 g/mol. The van der Waals surface area contributed by atoms with E-state index in [1.54, 1.807) is 25.1 Å². The average molecular weight is 322 g/mol. The molecule has 2 heterocycles. The van der Waals surface area contributed by atoms with Gasteiger partial charge in [0.2, 0.25) is 6.29 Å². The van der Waals surface area contributed by atoms with Gasteiger partial charge in [0.1, 0.15) is 23.5 Å². The number of aryl methyl sites for hydroxylation is 1. The molecule has 3 rings (SSSR count). The molecule has 1 aromatic carbocycles. The summed E-state index contributed by atoms with van der Waals surface area (Å²) in [5.74, 6) is 0.350. The predicted octanol–water partition coefficient (Wildman–Crippen LogP) is 0.309. The largest absolute Gasteiger partial charge is 0.462 e. The molecule has 7 heteroatoms. The second kappa shape index (κ2) is 6.29. The summed E-state index contributed by atoms with van der Waals surface area (Å²) in [6.07, 6.45) is -3.79. The first kappa shape index (κ1) is 15.9. The topological polar surface area (TPSA) is 109 Å². The van der Waals surface area contributed by atoms with Gasteiger partial charge in [-0.2, -0.15) is 0 Å². The fourth-order valence-electron chi connectivity index (χ4n) is 2.65. The summed E-state index contributed by atoms with van der Waals surface area (Å²) in [5.41, 5.74) is 0.710. The van der Waals surface area contributed by atoms with Gasteiger partial charge in [0.05, 0.1) is 12.7 Å². The van der Waals surface area contributed by atoms with E-state index in [0.29, 0.717) is 11.3 Å². The van der Waals surface area contributed by atoms with Gasteiger partial charge in [0, 0.05) is 23.9 Å². The van der Waals surface area contributed by atoms with Gasteiger partial charge in [-0.3, -0.25) is 0 Å². The molecule has 7 nitrogen and oxygen atoms in total. The highest BCUT2D eigenvalue weighted by atomic mass is 16.7. The Morgan fingerprint density at radius 2 is 2.04 bits per heavy atom. The molecule has 0 spiro atoms. The Hall–Kier alpha value is -1.93. The zero-order valence-corrected chi connectivity index (χ0v) is 12.5. The van der Waals surface area contributed by atoms with Crippen molar-refractivity contribution in [2.45, 2.75) is 37.9 Å². The number of benzene rings is 1. The third-order valence-electron chi connectivity index (χ3n) is 3.89. The maximum Gasteiger partial charge on any atom is 0.336 e. The number of rotatable bonds is 3. The number of aliphatic hydroxyl groups is 3. The van der Waals surface area contributed by atoms with E-state index in [9.17, 15) is 15.0 Å². The number of hydrogen-bond acceptors (Lipinski definition) is 7. The Morgan fingerprint density at radius 1 is 1.26 bits per heavy atom. The summed E-state index contributed by atoms with van der Waals surface area (Å²) in [6.45, 7) is 1.43. The van der Waals surface area contributed by atoms with Crippen LogP contribution in [0.15, 0.2) is 33.5 Å². The zero-order chi connectivity index (χ0) is 16.6. The maximum atomic E-state index is 11.4. The van der Waals surface area contributed by atoms with Crippen LogP contribution in [-0.2, 0) is 4.74 Å². The third-order valence-corrected chi connectivity index (χ3v) is 3.89. The Bertz CT molecular complexity index is 754. The van der Waals surface area contributed by atoms with Crippen molar-refractivity contribution in [3.8, 4) is 5.75 Å². The van der Waals surface area contributed by atoms with Crippen molar-refractivity contribution < 1.29 is 29.2 Å². The molecule has 3 N–H and O–H groups in total. The van der Waals surface area contributed by atoms with Gasteiger partial charge in [0.25, 0.3) is 0 Å². The van der Waals surface area contributed by atoms with Crippen LogP contribution in [0.3, 0.4) is 0 Å². The number of hydrogen-bond donors (Lipinski definition) is 3. The minimum atomic E-state index is -1.03. The Kier molecular flexibility index (Phi) is 4.36. The minimum Gasteiger partial charge on any atom is -0.462 e. The average Bonchev–Trinajstić information content (AvgIpc) is 2.49. The van der Waals surface area contributed by atoms with Gasteiger partial charge >= 0.3 is 5.63 Å². The number of ether oxygens (including phenoxy) is 2. The van der Waals surface area contributed by atoms with Crippen molar-refractivity contribution >= 4 is 11.0 Å².